The van der Waals surface area contributed by atoms with Crippen LogP contribution in [0.4, 0.5) is 11.4 Å². The normalized spacial score (nSPS) is 24.7. The molecule has 0 aromatic heterocycles. The highest BCUT2D eigenvalue weighted by Crippen LogP contribution is 2.40. The third kappa shape index (κ3) is 2.68. The van der Waals surface area contributed by atoms with Gasteiger partial charge < -0.3 is 15.0 Å². The summed E-state index contributed by atoms with van der Waals surface area (Å²) >= 11 is 0. The van der Waals surface area contributed by atoms with Gasteiger partial charge in [-0.2, -0.15) is 0 Å². The van der Waals surface area contributed by atoms with E-state index < -0.39 is 0 Å². The summed E-state index contributed by atoms with van der Waals surface area (Å²) in [5, 5.41) is 15.0. The smallest absolute Gasteiger partial charge is 0.333 e. The molecule has 1 aromatic rings. The number of nitrogens with zero attached hydrogens (tertiary/aromatic N) is 2. The van der Waals surface area contributed by atoms with E-state index in [1.54, 1.807) is 6.07 Å². The molecule has 3 rings (SSSR count). The summed E-state index contributed by atoms with van der Waals surface area (Å²) in [6.07, 6.45) is 2.39. The lowest BCUT2D eigenvalue weighted by molar-refractivity contribution is -0.385. The van der Waals surface area contributed by atoms with E-state index >= 15 is 0 Å². The first kappa shape index (κ1) is 14.1. The van der Waals surface area contributed by atoms with Crippen molar-refractivity contribution in [3.05, 3.63) is 28.3 Å². The molecule has 0 bridgehead atoms. The molecule has 2 aliphatic heterocycles. The second kappa shape index (κ2) is 5.89. The molecule has 0 saturated carbocycles. The number of fused-ring (bicyclic) bond motifs is 1. The first-order valence-electron chi connectivity index (χ1n) is 7.59. The van der Waals surface area contributed by atoms with Gasteiger partial charge in [-0.05, 0) is 44.4 Å². The molecule has 6 heteroatoms. The fraction of sp³-hybridized carbons (Fsp3) is 0.600. The summed E-state index contributed by atoms with van der Waals surface area (Å²) in [5.41, 5.74) is 0.778. The van der Waals surface area contributed by atoms with Crippen molar-refractivity contribution in [2.24, 2.45) is 5.92 Å². The lowest BCUT2D eigenvalue weighted by Gasteiger charge is -2.24. The van der Waals surface area contributed by atoms with Crippen LogP contribution in [0.15, 0.2) is 18.2 Å². The van der Waals surface area contributed by atoms with Crippen LogP contribution < -0.4 is 15.0 Å². The molecule has 2 atom stereocenters. The zero-order valence-corrected chi connectivity index (χ0v) is 12.2. The second-order valence-electron chi connectivity index (χ2n) is 5.68. The van der Waals surface area contributed by atoms with Crippen LogP contribution >= 0.6 is 0 Å². The molecule has 2 unspecified atom stereocenters. The maximum atomic E-state index is 11.5. The van der Waals surface area contributed by atoms with E-state index in [9.17, 15) is 10.1 Å². The molecule has 0 aliphatic carbocycles. The van der Waals surface area contributed by atoms with E-state index in [-0.39, 0.29) is 10.6 Å². The molecule has 1 aromatic carbocycles. The average Bonchev–Trinajstić information content (AvgIpc) is 2.91. The van der Waals surface area contributed by atoms with Crippen LogP contribution in [0.1, 0.15) is 19.8 Å². The molecule has 6 nitrogen and oxygen atoms in total. The maximum absolute atomic E-state index is 11.5. The molecule has 2 aliphatic rings. The van der Waals surface area contributed by atoms with Gasteiger partial charge in [0.15, 0.2) is 5.75 Å². The van der Waals surface area contributed by atoms with Gasteiger partial charge in [0.05, 0.1) is 11.5 Å². The van der Waals surface area contributed by atoms with E-state index in [4.69, 9.17) is 4.74 Å². The van der Waals surface area contributed by atoms with Gasteiger partial charge in [-0.25, -0.2) is 0 Å². The summed E-state index contributed by atoms with van der Waals surface area (Å²) in [5.74, 6) is 0.955. The van der Waals surface area contributed by atoms with E-state index in [0.717, 1.165) is 19.6 Å². The highest BCUT2D eigenvalue weighted by Gasteiger charge is 2.37. The number of para-hydroxylation sites is 1. The highest BCUT2D eigenvalue weighted by molar-refractivity contribution is 5.70. The zero-order chi connectivity index (χ0) is 14.8. The number of anilines is 1. The lowest BCUT2D eigenvalue weighted by Crippen LogP contribution is -2.40. The Kier molecular flexibility index (Phi) is 3.96. The first-order chi connectivity index (χ1) is 10.2. The van der Waals surface area contributed by atoms with Gasteiger partial charge in [-0.1, -0.05) is 6.07 Å². The maximum Gasteiger partial charge on any atom is 0.333 e. The van der Waals surface area contributed by atoms with Gasteiger partial charge in [-0.15, -0.1) is 0 Å². The van der Waals surface area contributed by atoms with Gasteiger partial charge in [0.2, 0.25) is 0 Å². The minimum atomic E-state index is -0.324. The third-order valence-corrected chi connectivity index (χ3v) is 4.40. The fourth-order valence-electron chi connectivity index (χ4n) is 3.46. The van der Waals surface area contributed by atoms with Crippen LogP contribution in [0.2, 0.25) is 0 Å². The van der Waals surface area contributed by atoms with Gasteiger partial charge in [0.25, 0.3) is 0 Å². The Morgan fingerprint density at radius 1 is 1.48 bits per heavy atom. The quantitative estimate of drug-likeness (QED) is 0.680. The van der Waals surface area contributed by atoms with E-state index in [1.807, 2.05) is 19.1 Å². The van der Waals surface area contributed by atoms with Crippen LogP contribution in [0.5, 0.6) is 5.75 Å². The number of rotatable bonds is 4. The Bertz CT molecular complexity index is 521. The molecule has 2 saturated heterocycles. The van der Waals surface area contributed by atoms with Crippen molar-refractivity contribution in [1.29, 1.82) is 0 Å². The molecule has 21 heavy (non-hydrogen) atoms. The number of hydrogen-bond donors (Lipinski definition) is 1. The Balaban J connectivity index is 1.91. The largest absolute Gasteiger partial charge is 0.487 e. The van der Waals surface area contributed by atoms with E-state index in [1.165, 1.54) is 12.8 Å². The number of nitrogens with one attached hydrogen (secondary N) is 1. The molecule has 114 valence electrons. The summed E-state index contributed by atoms with van der Waals surface area (Å²) in [4.78, 5) is 13.3. The summed E-state index contributed by atoms with van der Waals surface area (Å²) < 4.78 is 5.43. The van der Waals surface area contributed by atoms with Crippen LogP contribution in [-0.2, 0) is 0 Å². The van der Waals surface area contributed by atoms with Gasteiger partial charge in [-0.3, -0.25) is 10.1 Å². The monoisotopic (exact) mass is 291 g/mol. The summed E-state index contributed by atoms with van der Waals surface area (Å²) in [6, 6.07) is 5.79. The molecular weight excluding hydrogens is 270 g/mol. The Labute approximate surface area is 124 Å². The van der Waals surface area contributed by atoms with Crippen LogP contribution in [0.3, 0.4) is 0 Å². The zero-order valence-electron chi connectivity index (χ0n) is 12.2. The molecule has 0 amide bonds. The predicted octanol–water partition coefficient (Wildman–Crippen LogP) is 2.18. The molecule has 2 heterocycles. The Morgan fingerprint density at radius 3 is 3.05 bits per heavy atom. The van der Waals surface area contributed by atoms with Crippen molar-refractivity contribution in [1.82, 2.24) is 5.32 Å². The number of hydrogen-bond acceptors (Lipinski definition) is 5. The topological polar surface area (TPSA) is 67.6 Å². The third-order valence-electron chi connectivity index (χ3n) is 4.40. The highest BCUT2D eigenvalue weighted by atomic mass is 16.6. The molecular formula is C15H21N3O3. The van der Waals surface area contributed by atoms with E-state index in [2.05, 4.69) is 10.2 Å². The Hall–Kier alpha value is -1.82. The van der Waals surface area contributed by atoms with Crippen molar-refractivity contribution >= 4 is 11.4 Å². The SMILES string of the molecule is CCOc1cccc(N2CC3CCCNC3C2)c1[N+](=O)[O-]. The van der Waals surface area contributed by atoms with Crippen LogP contribution in [0.25, 0.3) is 0 Å². The standard InChI is InChI=1S/C15H21N3O3/c1-2-21-14-7-3-6-13(15(14)18(19)20)17-9-11-5-4-8-16-12(11)10-17/h3,6-7,11-12,16H,2,4-5,8-10H2,1H3. The van der Waals surface area contributed by atoms with Crippen molar-refractivity contribution < 1.29 is 9.66 Å². The number of piperidine rings is 1. The lowest BCUT2D eigenvalue weighted by atomic mass is 9.94. The summed E-state index contributed by atoms with van der Waals surface area (Å²) in [6.45, 7) is 5.03. The Morgan fingerprint density at radius 2 is 2.33 bits per heavy atom. The fourth-order valence-corrected chi connectivity index (χ4v) is 3.46. The minimum absolute atomic E-state index is 0.0954. The van der Waals surface area contributed by atoms with Crippen molar-refractivity contribution in [3.8, 4) is 5.75 Å². The number of nitro groups is 1. The van der Waals surface area contributed by atoms with Crippen LogP contribution in [-0.4, -0.2) is 37.2 Å². The second-order valence-corrected chi connectivity index (χ2v) is 5.68. The number of nitro benzene ring substituents is 1. The van der Waals surface area contributed by atoms with Gasteiger partial charge in [0, 0.05) is 19.1 Å². The van der Waals surface area contributed by atoms with E-state index in [0.29, 0.717) is 30.0 Å². The van der Waals surface area contributed by atoms with Crippen molar-refractivity contribution in [2.45, 2.75) is 25.8 Å². The first-order valence-corrected chi connectivity index (χ1v) is 7.59. The molecule has 1 N–H and O–H groups in total. The number of ether oxygens (including phenoxy) is 1. The van der Waals surface area contributed by atoms with Crippen molar-refractivity contribution in [2.75, 3.05) is 31.1 Å². The predicted molar refractivity (Wildman–Crippen MR) is 81.0 cm³/mol. The van der Waals surface area contributed by atoms with Crippen molar-refractivity contribution in [3.63, 3.8) is 0 Å². The minimum Gasteiger partial charge on any atom is -0.487 e. The molecule has 2 fully saturated rings. The van der Waals surface area contributed by atoms with Gasteiger partial charge >= 0.3 is 5.69 Å². The summed E-state index contributed by atoms with van der Waals surface area (Å²) in [7, 11) is 0. The van der Waals surface area contributed by atoms with Gasteiger partial charge in [0.1, 0.15) is 5.69 Å². The molecule has 0 spiro atoms. The molecule has 0 radical (unpaired) electrons. The number of benzene rings is 1. The average molecular weight is 291 g/mol. The van der Waals surface area contributed by atoms with Crippen LogP contribution in [0, 0.1) is 16.0 Å².